The molecule has 31 heavy (non-hydrogen) atoms. The van der Waals surface area contributed by atoms with Crippen molar-refractivity contribution < 1.29 is 9.63 Å². The van der Waals surface area contributed by atoms with Gasteiger partial charge >= 0.3 is 0 Å². The lowest BCUT2D eigenvalue weighted by Gasteiger charge is -2.33. The molecule has 0 radical (unpaired) electrons. The average molecular weight is 445 g/mol. The predicted molar refractivity (Wildman–Crippen MR) is 126 cm³/mol. The molecule has 0 aliphatic rings. The molecule has 0 fully saturated rings. The van der Waals surface area contributed by atoms with Gasteiger partial charge in [-0.25, -0.2) is 4.98 Å². The first kappa shape index (κ1) is 20.7. The number of aromatic nitrogens is 1. The van der Waals surface area contributed by atoms with Gasteiger partial charge in [0.05, 0.1) is 5.12 Å². The number of thiazole rings is 1. The van der Waals surface area contributed by atoms with Crippen molar-refractivity contribution in [2.24, 2.45) is 5.16 Å². The summed E-state index contributed by atoms with van der Waals surface area (Å²) in [6.45, 7) is 0. The fourth-order valence-electron chi connectivity index (χ4n) is 3.38. The average Bonchev–Trinajstić information content (AvgIpc) is 3.24. The van der Waals surface area contributed by atoms with E-state index in [9.17, 15) is 4.79 Å². The van der Waals surface area contributed by atoms with Crippen LogP contribution in [0.15, 0.2) is 102 Å². The van der Waals surface area contributed by atoms with E-state index in [0.717, 1.165) is 16.7 Å². The SMILES string of the molecule is Nc1nc(/C(=N/OC(c2ccccc2)(c2ccccc2)c2ccccc2)C(=O)[S-])cs1. The molecule has 0 saturated carbocycles. The molecular weight excluding hydrogens is 426 g/mol. The summed E-state index contributed by atoms with van der Waals surface area (Å²) < 4.78 is 0. The van der Waals surface area contributed by atoms with Crippen LogP contribution in [-0.2, 0) is 27.9 Å². The van der Waals surface area contributed by atoms with Gasteiger partial charge in [0.2, 0.25) is 5.60 Å². The summed E-state index contributed by atoms with van der Waals surface area (Å²) in [6, 6.07) is 29.2. The van der Waals surface area contributed by atoms with Crippen LogP contribution < -0.4 is 5.73 Å². The number of anilines is 1. The van der Waals surface area contributed by atoms with Crippen LogP contribution in [-0.4, -0.2) is 15.8 Å². The molecule has 154 valence electrons. The fourth-order valence-corrected chi connectivity index (χ4v) is 4.07. The van der Waals surface area contributed by atoms with Crippen molar-refractivity contribution in [2.45, 2.75) is 5.60 Å². The summed E-state index contributed by atoms with van der Waals surface area (Å²) in [5, 5.41) is 5.54. The van der Waals surface area contributed by atoms with E-state index in [-0.39, 0.29) is 5.71 Å². The second-order valence-corrected chi connectivity index (χ2v) is 7.93. The van der Waals surface area contributed by atoms with Crippen LogP contribution in [0.1, 0.15) is 22.4 Å². The normalized spacial score (nSPS) is 11.8. The Morgan fingerprint density at radius 1 is 0.871 bits per heavy atom. The van der Waals surface area contributed by atoms with Gasteiger partial charge in [0.1, 0.15) is 11.4 Å². The van der Waals surface area contributed by atoms with Gasteiger partial charge in [-0.2, -0.15) is 0 Å². The number of nitrogen functional groups attached to an aromatic ring is 1. The molecule has 1 heterocycles. The molecule has 0 unspecified atom stereocenters. The summed E-state index contributed by atoms with van der Waals surface area (Å²) in [4.78, 5) is 22.7. The van der Waals surface area contributed by atoms with E-state index in [4.69, 9.17) is 23.2 Å². The molecule has 7 heteroatoms. The van der Waals surface area contributed by atoms with Crippen LogP contribution in [0.5, 0.6) is 0 Å². The van der Waals surface area contributed by atoms with E-state index >= 15 is 0 Å². The van der Waals surface area contributed by atoms with Crippen molar-refractivity contribution in [2.75, 3.05) is 5.73 Å². The van der Waals surface area contributed by atoms with Gasteiger partial charge in [0.15, 0.2) is 5.13 Å². The van der Waals surface area contributed by atoms with Crippen LogP contribution in [0, 0.1) is 0 Å². The Hall–Kier alpha value is -3.55. The molecule has 0 saturated heterocycles. The minimum Gasteiger partial charge on any atom is -0.735 e. The number of oxime groups is 1. The van der Waals surface area contributed by atoms with Gasteiger partial charge in [0, 0.05) is 22.1 Å². The standard InChI is InChI=1S/C24H19N3O2S2/c25-23-26-20(16-31-23)21(22(28)30)27-29-24(17-10-4-1-5-11-17,18-12-6-2-7-13-18)19-14-8-3-9-15-19/h1-16H,(H2,25,26)(H,28,30)/p-1/b27-21-. The molecule has 4 rings (SSSR count). The Labute approximate surface area is 189 Å². The highest BCUT2D eigenvalue weighted by Crippen LogP contribution is 2.40. The van der Waals surface area contributed by atoms with E-state index in [1.165, 1.54) is 11.3 Å². The molecule has 0 aliphatic carbocycles. The first-order valence-corrected chi connectivity index (χ1v) is 10.8. The molecule has 2 N–H and O–H groups in total. The Morgan fingerprint density at radius 2 is 1.32 bits per heavy atom. The Kier molecular flexibility index (Phi) is 6.06. The molecule has 3 aromatic carbocycles. The van der Waals surface area contributed by atoms with Crippen molar-refractivity contribution in [3.63, 3.8) is 0 Å². The maximum atomic E-state index is 12.2. The predicted octanol–water partition coefficient (Wildman–Crippen LogP) is 4.51. The molecule has 0 amide bonds. The molecule has 5 nitrogen and oxygen atoms in total. The lowest BCUT2D eigenvalue weighted by Crippen LogP contribution is -2.32. The first-order chi connectivity index (χ1) is 15.1. The zero-order valence-corrected chi connectivity index (χ0v) is 18.0. The largest absolute Gasteiger partial charge is 0.735 e. The van der Waals surface area contributed by atoms with Crippen LogP contribution in [0.25, 0.3) is 0 Å². The second kappa shape index (κ2) is 9.07. The van der Waals surface area contributed by atoms with E-state index in [2.05, 4.69) is 10.1 Å². The quantitative estimate of drug-likeness (QED) is 0.196. The number of nitrogens with zero attached hydrogens (tertiary/aromatic N) is 2. The highest BCUT2D eigenvalue weighted by Gasteiger charge is 2.39. The minimum absolute atomic E-state index is 0.0601. The van der Waals surface area contributed by atoms with Gasteiger partial charge < -0.3 is 28.0 Å². The number of hydrogen-bond acceptors (Lipinski definition) is 7. The Balaban J connectivity index is 1.95. The summed E-state index contributed by atoms with van der Waals surface area (Å²) >= 11 is 6.11. The van der Waals surface area contributed by atoms with Gasteiger partial charge in [-0.1, -0.05) is 96.2 Å². The maximum Gasteiger partial charge on any atom is 0.212 e. The molecule has 0 bridgehead atoms. The van der Waals surface area contributed by atoms with Crippen molar-refractivity contribution in [3.8, 4) is 0 Å². The molecule has 0 aliphatic heterocycles. The van der Waals surface area contributed by atoms with E-state index in [1.54, 1.807) is 5.38 Å². The lowest BCUT2D eigenvalue weighted by atomic mass is 9.80. The second-order valence-electron chi connectivity index (χ2n) is 6.67. The number of carbonyl (C=O) groups excluding carboxylic acids is 1. The molecule has 0 spiro atoms. The van der Waals surface area contributed by atoms with Crippen molar-refractivity contribution in [1.29, 1.82) is 0 Å². The molecular formula is C24H18N3O2S2-. The maximum absolute atomic E-state index is 12.2. The van der Waals surface area contributed by atoms with Crippen LogP contribution in [0.4, 0.5) is 5.13 Å². The highest BCUT2D eigenvalue weighted by atomic mass is 32.1. The first-order valence-electron chi connectivity index (χ1n) is 9.46. The van der Waals surface area contributed by atoms with Gasteiger partial charge in [-0.05, 0) is 0 Å². The molecule has 1 aromatic heterocycles. The van der Waals surface area contributed by atoms with Gasteiger partial charge in [-0.3, -0.25) is 0 Å². The monoisotopic (exact) mass is 444 g/mol. The zero-order chi connectivity index (χ0) is 21.7. The van der Waals surface area contributed by atoms with Crippen molar-refractivity contribution in [3.05, 3.63) is 119 Å². The van der Waals surface area contributed by atoms with E-state index in [0.29, 0.717) is 10.8 Å². The molecule has 0 atom stereocenters. The highest BCUT2D eigenvalue weighted by molar-refractivity contribution is 7.80. The number of hydrogen-bond donors (Lipinski definition) is 1. The smallest absolute Gasteiger partial charge is 0.212 e. The summed E-state index contributed by atoms with van der Waals surface area (Å²) in [7, 11) is 0. The van der Waals surface area contributed by atoms with Crippen molar-refractivity contribution >= 4 is 39.9 Å². The third kappa shape index (κ3) is 4.19. The third-order valence-corrected chi connectivity index (χ3v) is 5.64. The number of benzene rings is 3. The summed E-state index contributed by atoms with van der Waals surface area (Å²) in [6.07, 6.45) is 0. The van der Waals surface area contributed by atoms with Gasteiger partial charge in [0.25, 0.3) is 0 Å². The Bertz CT molecular complexity index is 1100. The lowest BCUT2D eigenvalue weighted by molar-refractivity contribution is -0.105. The number of rotatable bonds is 7. The number of nitrogens with two attached hydrogens (primary N) is 1. The minimum atomic E-state index is -1.11. The molecule has 4 aromatic rings. The van der Waals surface area contributed by atoms with Crippen LogP contribution in [0.3, 0.4) is 0 Å². The topological polar surface area (TPSA) is 77.6 Å². The van der Waals surface area contributed by atoms with Gasteiger partial charge in [-0.15, -0.1) is 11.3 Å². The fraction of sp³-hybridized carbons (Fsp3) is 0.0417. The third-order valence-electron chi connectivity index (χ3n) is 4.77. The van der Waals surface area contributed by atoms with Crippen LogP contribution >= 0.6 is 11.3 Å². The summed E-state index contributed by atoms with van der Waals surface area (Å²) in [5.41, 5.74) is 7.42. The zero-order valence-electron chi connectivity index (χ0n) is 16.3. The van der Waals surface area contributed by atoms with E-state index in [1.807, 2.05) is 91.0 Å². The van der Waals surface area contributed by atoms with Crippen LogP contribution in [0.2, 0.25) is 0 Å². The summed E-state index contributed by atoms with van der Waals surface area (Å²) in [5.74, 6) is 0. The van der Waals surface area contributed by atoms with Crippen molar-refractivity contribution in [1.82, 2.24) is 4.98 Å². The Morgan fingerprint density at radius 3 is 1.68 bits per heavy atom. The number of carbonyl (C=O) groups is 1. The van der Waals surface area contributed by atoms with E-state index < -0.39 is 10.7 Å².